The largest absolute Gasteiger partial charge is 0.293 e. The molecule has 0 bridgehead atoms. The predicted molar refractivity (Wildman–Crippen MR) is 189 cm³/mol. The lowest BCUT2D eigenvalue weighted by Gasteiger charge is -1.99. The molecule has 0 saturated heterocycles. The van der Waals surface area contributed by atoms with Gasteiger partial charge in [0, 0.05) is 32.4 Å². The molecule has 0 fully saturated rings. The molecule has 0 aliphatic rings. The molecule has 4 heterocycles. The minimum Gasteiger partial charge on any atom is -0.293 e. The summed E-state index contributed by atoms with van der Waals surface area (Å²) in [6.07, 6.45) is 10.9. The van der Waals surface area contributed by atoms with E-state index in [0.29, 0.717) is 32.4 Å². The number of carbonyl (C=O) groups excluding carboxylic acids is 2. The number of nitriles is 4. The molecule has 0 spiro atoms. The summed E-state index contributed by atoms with van der Waals surface area (Å²) in [7, 11) is 0. The molecular weight excluding hydrogens is 649 g/mol. The fourth-order valence-electron chi connectivity index (χ4n) is 5.22. The van der Waals surface area contributed by atoms with Gasteiger partial charge in [-0.15, -0.1) is 45.3 Å². The molecule has 0 aromatic carbocycles. The molecule has 10 heteroatoms. The zero-order valence-corrected chi connectivity index (χ0v) is 29.3. The van der Waals surface area contributed by atoms with E-state index in [-0.39, 0.29) is 33.8 Å². The summed E-state index contributed by atoms with van der Waals surface area (Å²) >= 11 is 5.39. The number of Topliss-reactive ketones (excluding diaryl/α,β-unsaturated/α-hetero) is 2. The van der Waals surface area contributed by atoms with Crippen molar-refractivity contribution in [3.63, 3.8) is 0 Å². The van der Waals surface area contributed by atoms with E-state index in [0.717, 1.165) is 83.7 Å². The average Bonchev–Trinajstić information content (AvgIpc) is 3.87. The van der Waals surface area contributed by atoms with Crippen LogP contribution in [0.3, 0.4) is 0 Å². The summed E-state index contributed by atoms with van der Waals surface area (Å²) < 4.78 is 0. The highest BCUT2D eigenvalue weighted by atomic mass is 32.1. The van der Waals surface area contributed by atoms with Gasteiger partial charge < -0.3 is 0 Å². The summed E-state index contributed by atoms with van der Waals surface area (Å²) in [4.78, 5) is 31.6. The maximum absolute atomic E-state index is 13.1. The van der Waals surface area contributed by atoms with Gasteiger partial charge in [-0.3, -0.25) is 9.59 Å². The van der Waals surface area contributed by atoms with Crippen LogP contribution in [0.25, 0.3) is 29.3 Å². The van der Waals surface area contributed by atoms with Gasteiger partial charge in [-0.1, -0.05) is 65.2 Å². The summed E-state index contributed by atoms with van der Waals surface area (Å²) in [5, 5.41) is 39.6. The van der Waals surface area contributed by atoms with Crippen molar-refractivity contribution in [3.05, 3.63) is 56.3 Å². The Labute approximate surface area is 286 Å². The fraction of sp³-hybridized carbons (Fsp3) is 0.389. The lowest BCUT2D eigenvalue weighted by atomic mass is 10.0. The van der Waals surface area contributed by atoms with Gasteiger partial charge in [0.1, 0.15) is 24.3 Å². The second-order valence-corrected chi connectivity index (χ2v) is 15.2. The monoisotopic (exact) mass is 682 g/mol. The number of carbonyl (C=O) groups is 2. The van der Waals surface area contributed by atoms with Crippen LogP contribution < -0.4 is 0 Å². The predicted octanol–water partition coefficient (Wildman–Crippen LogP) is 11.5. The lowest BCUT2D eigenvalue weighted by Crippen LogP contribution is -1.99. The molecular formula is C36H34N4O2S4. The van der Waals surface area contributed by atoms with Crippen molar-refractivity contribution >= 4 is 56.9 Å². The zero-order valence-electron chi connectivity index (χ0n) is 26.0. The molecule has 0 aliphatic carbocycles. The van der Waals surface area contributed by atoms with Crippen molar-refractivity contribution in [1.29, 1.82) is 21.0 Å². The van der Waals surface area contributed by atoms with E-state index in [1.165, 1.54) is 45.3 Å². The number of ketones is 2. The summed E-state index contributed by atoms with van der Waals surface area (Å²) in [5.41, 5.74) is 0.809. The number of hydrogen-bond acceptors (Lipinski definition) is 10. The molecule has 0 aliphatic heterocycles. The van der Waals surface area contributed by atoms with E-state index in [9.17, 15) is 30.6 Å². The third kappa shape index (κ3) is 7.90. The highest BCUT2D eigenvalue weighted by Gasteiger charge is 2.26. The summed E-state index contributed by atoms with van der Waals surface area (Å²) in [6, 6.07) is 16.3. The van der Waals surface area contributed by atoms with Crippen LogP contribution in [0.5, 0.6) is 0 Å². The molecule has 0 N–H and O–H groups in total. The van der Waals surface area contributed by atoms with Crippen molar-refractivity contribution in [2.24, 2.45) is 0 Å². The number of thiophene rings is 4. The van der Waals surface area contributed by atoms with E-state index in [1.54, 1.807) is 0 Å². The topological polar surface area (TPSA) is 129 Å². The molecule has 4 aromatic heterocycles. The molecule has 6 nitrogen and oxygen atoms in total. The van der Waals surface area contributed by atoms with Crippen molar-refractivity contribution in [3.8, 4) is 53.5 Å². The SMILES string of the molecule is CCCCCCCC(=O)c1sc(-c2ccc(-c3ccc(-c4sc(C(=O)CCCCCCC)c(C#N)c4C#N)s3)s2)c(C#N)c1C#N. The minimum absolute atomic E-state index is 0.0872. The molecule has 0 radical (unpaired) electrons. The van der Waals surface area contributed by atoms with E-state index in [1.807, 2.05) is 24.3 Å². The van der Waals surface area contributed by atoms with Crippen molar-refractivity contribution in [1.82, 2.24) is 0 Å². The van der Waals surface area contributed by atoms with Crippen LogP contribution in [-0.4, -0.2) is 11.6 Å². The average molecular weight is 683 g/mol. The van der Waals surface area contributed by atoms with Gasteiger partial charge in [0.05, 0.1) is 41.8 Å². The van der Waals surface area contributed by atoms with Crippen molar-refractivity contribution in [2.75, 3.05) is 0 Å². The first-order valence-corrected chi connectivity index (χ1v) is 18.9. The Morgan fingerprint density at radius 2 is 0.848 bits per heavy atom. The van der Waals surface area contributed by atoms with Gasteiger partial charge in [-0.05, 0) is 37.1 Å². The van der Waals surface area contributed by atoms with Gasteiger partial charge in [-0.25, -0.2) is 0 Å². The highest BCUT2D eigenvalue weighted by Crippen LogP contribution is 2.46. The van der Waals surface area contributed by atoms with E-state index in [2.05, 4.69) is 38.1 Å². The molecule has 0 saturated carbocycles. The summed E-state index contributed by atoms with van der Waals surface area (Å²) in [6.45, 7) is 4.29. The van der Waals surface area contributed by atoms with Gasteiger partial charge in [0.15, 0.2) is 11.6 Å². The van der Waals surface area contributed by atoms with Crippen LogP contribution in [-0.2, 0) is 0 Å². The second-order valence-electron chi connectivity index (χ2n) is 11.0. The number of rotatable bonds is 17. The number of nitrogens with zero attached hydrogens (tertiary/aromatic N) is 4. The Kier molecular flexibility index (Phi) is 13.0. The number of hydrogen-bond donors (Lipinski definition) is 0. The van der Waals surface area contributed by atoms with Gasteiger partial charge >= 0.3 is 0 Å². The minimum atomic E-state index is -0.0872. The van der Waals surface area contributed by atoms with Crippen LogP contribution in [0.4, 0.5) is 0 Å². The van der Waals surface area contributed by atoms with Gasteiger partial charge in [0.2, 0.25) is 0 Å². The van der Waals surface area contributed by atoms with Crippen LogP contribution in [0.1, 0.15) is 132 Å². The molecule has 0 unspecified atom stereocenters. The fourth-order valence-corrected chi connectivity index (χ4v) is 9.89. The Hall–Kier alpha value is -3.90. The van der Waals surface area contributed by atoms with Crippen LogP contribution >= 0.6 is 45.3 Å². The molecule has 4 rings (SSSR count). The number of unbranched alkanes of at least 4 members (excludes halogenated alkanes) is 8. The van der Waals surface area contributed by atoms with Crippen LogP contribution in [0, 0.1) is 45.3 Å². The van der Waals surface area contributed by atoms with Crippen LogP contribution in [0.2, 0.25) is 0 Å². The molecule has 46 heavy (non-hydrogen) atoms. The first kappa shape index (κ1) is 35.0. The Bertz CT molecular complexity index is 1740. The Balaban J connectivity index is 1.58. The van der Waals surface area contributed by atoms with Gasteiger partial charge in [-0.2, -0.15) is 21.0 Å². The third-order valence-electron chi connectivity index (χ3n) is 7.69. The maximum atomic E-state index is 13.1. The Morgan fingerprint density at radius 1 is 0.500 bits per heavy atom. The van der Waals surface area contributed by atoms with Gasteiger partial charge in [0.25, 0.3) is 0 Å². The lowest BCUT2D eigenvalue weighted by molar-refractivity contribution is 0.0974. The highest BCUT2D eigenvalue weighted by molar-refractivity contribution is 7.29. The van der Waals surface area contributed by atoms with E-state index < -0.39 is 0 Å². The van der Waals surface area contributed by atoms with Crippen molar-refractivity contribution in [2.45, 2.75) is 90.9 Å². The third-order valence-corrected chi connectivity index (χ3v) is 12.9. The standard InChI is InChI=1S/C36H34N4O2S4/c1-3-5-7-9-11-13-27(41)33-23(19-37)25(21-39)35(45-33)31-17-15-29(43-31)30-16-18-32(44-30)36-26(22-40)24(20-38)34(46-36)28(42)14-12-10-8-6-4-2/h15-18H,3-14H2,1-2H3. The van der Waals surface area contributed by atoms with E-state index in [4.69, 9.17) is 0 Å². The molecule has 0 amide bonds. The first-order chi connectivity index (χ1) is 22.4. The second kappa shape index (κ2) is 17.1. The summed E-state index contributed by atoms with van der Waals surface area (Å²) in [5.74, 6) is -0.174. The normalized spacial score (nSPS) is 10.7. The zero-order chi connectivity index (χ0) is 33.1. The van der Waals surface area contributed by atoms with Crippen molar-refractivity contribution < 1.29 is 9.59 Å². The maximum Gasteiger partial charge on any atom is 0.174 e. The smallest absolute Gasteiger partial charge is 0.174 e. The molecule has 4 aromatic rings. The molecule has 234 valence electrons. The molecule has 0 atom stereocenters. The quantitative estimate of drug-likeness (QED) is 0.0804. The Morgan fingerprint density at radius 3 is 1.20 bits per heavy atom. The van der Waals surface area contributed by atoms with E-state index >= 15 is 0 Å². The van der Waals surface area contributed by atoms with Crippen LogP contribution in [0.15, 0.2) is 24.3 Å². The first-order valence-electron chi connectivity index (χ1n) is 15.6.